The molecule has 6 heteroatoms. The summed E-state index contributed by atoms with van der Waals surface area (Å²) in [6, 6.07) is 0. The molecule has 1 unspecified atom stereocenters. The van der Waals surface area contributed by atoms with Crippen molar-refractivity contribution in [2.45, 2.75) is 6.29 Å². The predicted molar refractivity (Wildman–Crippen MR) is 37.7 cm³/mol. The highest BCUT2D eigenvalue weighted by molar-refractivity contribution is 5.92. The Morgan fingerprint density at radius 1 is 1.73 bits per heavy atom. The van der Waals surface area contributed by atoms with E-state index in [0.717, 1.165) is 4.90 Å². The van der Waals surface area contributed by atoms with Gasteiger partial charge in [0, 0.05) is 7.05 Å². The van der Waals surface area contributed by atoms with Gasteiger partial charge in [-0.25, -0.2) is 0 Å². The number of amides is 1. The fraction of sp³-hybridized carbons (Fsp3) is 0.400. The van der Waals surface area contributed by atoms with Crippen LogP contribution in [0, 0.1) is 0 Å². The van der Waals surface area contributed by atoms with Crippen LogP contribution in [0.4, 0.5) is 0 Å². The normalized spacial score (nSPS) is 25.5. The summed E-state index contributed by atoms with van der Waals surface area (Å²) >= 11 is 0. The van der Waals surface area contributed by atoms with Gasteiger partial charge < -0.3 is 21.1 Å². The Bertz CT molecular complexity index is 225. The van der Waals surface area contributed by atoms with Crippen LogP contribution in [0.5, 0.6) is 0 Å². The first-order chi connectivity index (χ1) is 5.04. The van der Waals surface area contributed by atoms with Crippen molar-refractivity contribution < 1.29 is 9.90 Å². The van der Waals surface area contributed by atoms with Gasteiger partial charge in [-0.15, -0.1) is 0 Å². The maximum atomic E-state index is 11.0. The standard InChI is InChI=1S/C5H10N4O2/c1-9-4(11)2(10)3(6)8-5(9)7/h5,8,10H,6-7H2,1H3. The topological polar surface area (TPSA) is 105 Å². The van der Waals surface area contributed by atoms with Crippen LogP contribution in [0.2, 0.25) is 0 Å². The number of carbonyl (C=O) groups excluding carboxylic acids is 1. The van der Waals surface area contributed by atoms with Crippen LogP contribution < -0.4 is 16.8 Å². The molecule has 62 valence electrons. The molecule has 0 saturated carbocycles. The number of nitrogens with one attached hydrogen (secondary N) is 1. The minimum atomic E-state index is -0.668. The molecule has 1 aliphatic heterocycles. The Labute approximate surface area is 63.4 Å². The Morgan fingerprint density at radius 3 is 2.82 bits per heavy atom. The first-order valence-electron chi connectivity index (χ1n) is 3.02. The predicted octanol–water partition coefficient (Wildman–Crippen LogP) is -2.02. The Hall–Kier alpha value is -1.43. The van der Waals surface area contributed by atoms with Crippen LogP contribution in [0.1, 0.15) is 0 Å². The third-order valence-corrected chi connectivity index (χ3v) is 1.50. The third kappa shape index (κ3) is 1.07. The van der Waals surface area contributed by atoms with E-state index in [-0.39, 0.29) is 5.82 Å². The van der Waals surface area contributed by atoms with E-state index in [1.54, 1.807) is 0 Å². The summed E-state index contributed by atoms with van der Waals surface area (Å²) in [5.74, 6) is -1.15. The number of aliphatic hydroxyl groups excluding tert-OH is 1. The molecule has 0 radical (unpaired) electrons. The molecule has 11 heavy (non-hydrogen) atoms. The second-order valence-electron chi connectivity index (χ2n) is 2.27. The number of aliphatic hydroxyl groups is 1. The maximum Gasteiger partial charge on any atom is 0.294 e. The van der Waals surface area contributed by atoms with Crippen molar-refractivity contribution >= 4 is 5.91 Å². The molecule has 1 rings (SSSR count). The van der Waals surface area contributed by atoms with Crippen molar-refractivity contribution in [1.82, 2.24) is 10.2 Å². The van der Waals surface area contributed by atoms with Crippen molar-refractivity contribution in [2.24, 2.45) is 11.5 Å². The highest BCUT2D eigenvalue weighted by Gasteiger charge is 2.27. The second-order valence-corrected chi connectivity index (χ2v) is 2.27. The maximum absolute atomic E-state index is 11.0. The van der Waals surface area contributed by atoms with Crippen molar-refractivity contribution in [2.75, 3.05) is 7.05 Å². The highest BCUT2D eigenvalue weighted by Crippen LogP contribution is 2.05. The SMILES string of the molecule is CN1C(=O)C(O)=C(N)NC1N. The molecule has 0 spiro atoms. The Morgan fingerprint density at radius 2 is 2.27 bits per heavy atom. The zero-order chi connectivity index (χ0) is 8.59. The fourth-order valence-corrected chi connectivity index (χ4v) is 0.733. The van der Waals surface area contributed by atoms with Gasteiger partial charge in [-0.2, -0.15) is 0 Å². The Balaban J connectivity index is 2.95. The minimum absolute atomic E-state index is 0.0828. The number of nitrogens with zero attached hydrogens (tertiary/aromatic N) is 1. The molecule has 6 nitrogen and oxygen atoms in total. The molecular formula is C5H10N4O2. The quantitative estimate of drug-likeness (QED) is 0.325. The van der Waals surface area contributed by atoms with Crippen LogP contribution >= 0.6 is 0 Å². The lowest BCUT2D eigenvalue weighted by atomic mass is 10.3. The molecule has 1 heterocycles. The van der Waals surface area contributed by atoms with E-state index >= 15 is 0 Å². The summed E-state index contributed by atoms with van der Waals surface area (Å²) in [6.45, 7) is 0. The van der Waals surface area contributed by atoms with Gasteiger partial charge in [0.05, 0.1) is 0 Å². The van der Waals surface area contributed by atoms with Gasteiger partial charge >= 0.3 is 0 Å². The number of likely N-dealkylation sites (N-methyl/N-ethyl adjacent to an activating group) is 1. The van der Waals surface area contributed by atoms with E-state index in [2.05, 4.69) is 5.32 Å². The highest BCUT2D eigenvalue weighted by atomic mass is 16.3. The summed E-state index contributed by atoms with van der Waals surface area (Å²) in [5.41, 5.74) is 10.6. The van der Waals surface area contributed by atoms with Gasteiger partial charge in [0.15, 0.2) is 6.29 Å². The Kier molecular flexibility index (Phi) is 1.61. The van der Waals surface area contributed by atoms with E-state index in [0.29, 0.717) is 0 Å². The minimum Gasteiger partial charge on any atom is -0.501 e. The van der Waals surface area contributed by atoms with Gasteiger partial charge in [0.1, 0.15) is 5.82 Å². The number of hydrogen-bond acceptors (Lipinski definition) is 5. The third-order valence-electron chi connectivity index (χ3n) is 1.50. The molecule has 0 aliphatic carbocycles. The summed E-state index contributed by atoms with van der Waals surface area (Å²) in [7, 11) is 1.46. The second kappa shape index (κ2) is 2.31. The van der Waals surface area contributed by atoms with Crippen molar-refractivity contribution in [1.29, 1.82) is 0 Å². The van der Waals surface area contributed by atoms with Crippen molar-refractivity contribution in [3.8, 4) is 0 Å². The van der Waals surface area contributed by atoms with Gasteiger partial charge in [-0.05, 0) is 0 Å². The summed E-state index contributed by atoms with van der Waals surface area (Å²) in [6.07, 6.45) is -0.668. The molecule has 0 fully saturated rings. The number of carbonyl (C=O) groups is 1. The molecule has 6 N–H and O–H groups in total. The lowest BCUT2D eigenvalue weighted by molar-refractivity contribution is -0.132. The molecule has 1 atom stereocenters. The fourth-order valence-electron chi connectivity index (χ4n) is 0.733. The van der Waals surface area contributed by atoms with Crippen LogP contribution in [0.3, 0.4) is 0 Å². The largest absolute Gasteiger partial charge is 0.501 e. The molecule has 0 bridgehead atoms. The lowest BCUT2D eigenvalue weighted by Gasteiger charge is -2.30. The van der Waals surface area contributed by atoms with Gasteiger partial charge in [-0.3, -0.25) is 10.5 Å². The number of nitrogens with two attached hydrogens (primary N) is 2. The lowest BCUT2D eigenvalue weighted by Crippen LogP contribution is -2.57. The summed E-state index contributed by atoms with van der Waals surface area (Å²) in [4.78, 5) is 12.1. The zero-order valence-corrected chi connectivity index (χ0v) is 6.03. The molecule has 0 aromatic heterocycles. The first kappa shape index (κ1) is 7.67. The molecule has 0 saturated heterocycles. The first-order valence-corrected chi connectivity index (χ1v) is 3.02. The van der Waals surface area contributed by atoms with E-state index in [1.807, 2.05) is 0 Å². The van der Waals surface area contributed by atoms with E-state index in [1.165, 1.54) is 7.05 Å². The zero-order valence-electron chi connectivity index (χ0n) is 6.03. The van der Waals surface area contributed by atoms with Crippen molar-refractivity contribution in [3.63, 3.8) is 0 Å². The molecular weight excluding hydrogens is 148 g/mol. The molecule has 0 aromatic rings. The van der Waals surface area contributed by atoms with Crippen LogP contribution in [-0.2, 0) is 4.79 Å². The summed E-state index contributed by atoms with van der Waals surface area (Å²) in [5, 5.41) is 11.5. The molecule has 0 aromatic carbocycles. The van der Waals surface area contributed by atoms with Gasteiger partial charge in [0.25, 0.3) is 5.91 Å². The van der Waals surface area contributed by atoms with Gasteiger partial charge in [-0.1, -0.05) is 0 Å². The average Bonchev–Trinajstić information content (AvgIpc) is 1.97. The smallest absolute Gasteiger partial charge is 0.294 e. The van der Waals surface area contributed by atoms with Gasteiger partial charge in [0.2, 0.25) is 5.76 Å². The van der Waals surface area contributed by atoms with Crippen LogP contribution in [0.25, 0.3) is 0 Å². The average molecular weight is 158 g/mol. The number of rotatable bonds is 0. The van der Waals surface area contributed by atoms with Crippen molar-refractivity contribution in [3.05, 3.63) is 11.6 Å². The monoisotopic (exact) mass is 158 g/mol. The van der Waals surface area contributed by atoms with E-state index in [9.17, 15) is 4.79 Å². The molecule has 1 amide bonds. The number of hydrogen-bond donors (Lipinski definition) is 4. The summed E-state index contributed by atoms with van der Waals surface area (Å²) < 4.78 is 0. The van der Waals surface area contributed by atoms with E-state index in [4.69, 9.17) is 16.6 Å². The van der Waals surface area contributed by atoms with Crippen LogP contribution in [0.15, 0.2) is 11.6 Å². The molecule has 1 aliphatic rings. The van der Waals surface area contributed by atoms with Crippen LogP contribution in [-0.4, -0.2) is 29.3 Å². The van der Waals surface area contributed by atoms with E-state index < -0.39 is 18.0 Å².